The molecule has 0 saturated heterocycles. The van der Waals surface area contributed by atoms with E-state index >= 15 is 0 Å². The molecular weight excluding hydrogens is 246 g/mol. The predicted molar refractivity (Wildman–Crippen MR) is 73.1 cm³/mol. The molecule has 0 fully saturated rings. The molecule has 1 heterocycles. The van der Waals surface area contributed by atoms with Crippen molar-refractivity contribution in [2.24, 2.45) is 5.41 Å². The van der Waals surface area contributed by atoms with Crippen molar-refractivity contribution in [1.29, 1.82) is 0 Å². The number of carbonyl (C=O) groups is 1. The van der Waals surface area contributed by atoms with Gasteiger partial charge in [-0.15, -0.1) is 0 Å². The second-order valence-electron chi connectivity index (χ2n) is 5.72. The number of nitrogens with one attached hydrogen (secondary N) is 2. The number of aromatic nitrogens is 1. The van der Waals surface area contributed by atoms with Crippen molar-refractivity contribution in [3.8, 4) is 0 Å². The van der Waals surface area contributed by atoms with Crippen molar-refractivity contribution < 1.29 is 14.4 Å². The lowest BCUT2D eigenvalue weighted by molar-refractivity contribution is 0.129. The van der Waals surface area contributed by atoms with E-state index < -0.39 is 0 Å². The Balaban J connectivity index is 2.49. The van der Waals surface area contributed by atoms with E-state index in [9.17, 15) is 9.90 Å². The molecule has 0 aliphatic rings. The summed E-state index contributed by atoms with van der Waals surface area (Å²) in [6.07, 6.45) is 0.237. The van der Waals surface area contributed by atoms with Crippen molar-refractivity contribution in [2.45, 2.75) is 47.1 Å². The number of aliphatic hydroxyl groups excluding tert-OH is 1. The van der Waals surface area contributed by atoms with Crippen molar-refractivity contribution >= 4 is 11.7 Å². The molecule has 6 nitrogen and oxygen atoms in total. The molecule has 0 unspecified atom stereocenters. The molecule has 0 spiro atoms. The van der Waals surface area contributed by atoms with Crippen molar-refractivity contribution in [1.82, 2.24) is 10.5 Å². The van der Waals surface area contributed by atoms with E-state index in [4.69, 9.17) is 4.52 Å². The number of anilines is 1. The molecule has 1 rings (SSSR count). The van der Waals surface area contributed by atoms with Crippen LogP contribution >= 0.6 is 0 Å². The molecule has 0 radical (unpaired) electrons. The first-order valence-corrected chi connectivity index (χ1v) is 6.37. The zero-order valence-electron chi connectivity index (χ0n) is 12.2. The van der Waals surface area contributed by atoms with Crippen LogP contribution in [0.15, 0.2) is 4.52 Å². The van der Waals surface area contributed by atoms with Gasteiger partial charge in [0.15, 0.2) is 5.76 Å². The lowest BCUT2D eigenvalue weighted by Gasteiger charge is -2.26. The summed E-state index contributed by atoms with van der Waals surface area (Å²) in [7, 11) is 0. The number of hydrogen-bond acceptors (Lipinski definition) is 4. The molecule has 19 heavy (non-hydrogen) atoms. The van der Waals surface area contributed by atoms with E-state index in [-0.39, 0.29) is 17.6 Å². The number of urea groups is 1. The molecule has 0 aliphatic carbocycles. The molecule has 0 aromatic carbocycles. The average Bonchev–Trinajstić information content (AvgIpc) is 2.57. The third-order valence-electron chi connectivity index (χ3n) is 2.85. The van der Waals surface area contributed by atoms with Crippen LogP contribution in [-0.2, 0) is 0 Å². The van der Waals surface area contributed by atoms with E-state index in [1.165, 1.54) is 0 Å². The lowest BCUT2D eigenvalue weighted by atomic mass is 9.87. The molecule has 1 aromatic rings. The van der Waals surface area contributed by atoms with Gasteiger partial charge in [0.05, 0.1) is 6.10 Å². The van der Waals surface area contributed by atoms with E-state index in [1.807, 2.05) is 13.8 Å². The maximum atomic E-state index is 11.8. The second kappa shape index (κ2) is 6.06. The van der Waals surface area contributed by atoms with E-state index in [1.54, 1.807) is 20.8 Å². The van der Waals surface area contributed by atoms with Crippen molar-refractivity contribution in [3.63, 3.8) is 0 Å². The van der Waals surface area contributed by atoms with Gasteiger partial charge in [0.2, 0.25) is 0 Å². The van der Waals surface area contributed by atoms with Crippen LogP contribution in [0.1, 0.15) is 38.6 Å². The zero-order valence-corrected chi connectivity index (χ0v) is 12.2. The first-order chi connectivity index (χ1) is 8.71. The van der Waals surface area contributed by atoms with Crippen LogP contribution in [0.5, 0.6) is 0 Å². The Labute approximate surface area is 113 Å². The van der Waals surface area contributed by atoms with Crippen LogP contribution in [0.25, 0.3) is 0 Å². The monoisotopic (exact) mass is 269 g/mol. The summed E-state index contributed by atoms with van der Waals surface area (Å²) in [5.74, 6) is 0.580. The Morgan fingerprint density at radius 1 is 1.47 bits per heavy atom. The molecule has 108 valence electrons. The molecule has 6 heteroatoms. The summed E-state index contributed by atoms with van der Waals surface area (Å²) in [5.41, 5.74) is 1.09. The van der Waals surface area contributed by atoms with Crippen LogP contribution < -0.4 is 10.6 Å². The van der Waals surface area contributed by atoms with Crippen LogP contribution in [0, 0.1) is 19.3 Å². The van der Waals surface area contributed by atoms with Gasteiger partial charge in [-0.2, -0.15) is 0 Å². The van der Waals surface area contributed by atoms with Crippen LogP contribution in [0.4, 0.5) is 10.5 Å². The number of amides is 2. The Morgan fingerprint density at radius 2 is 2.11 bits per heavy atom. The average molecular weight is 269 g/mol. The van der Waals surface area contributed by atoms with Crippen molar-refractivity contribution in [2.75, 3.05) is 11.9 Å². The van der Waals surface area contributed by atoms with Gasteiger partial charge in [-0.05, 0) is 32.6 Å². The number of aryl methyl sites for hydroxylation is 2. The molecule has 0 saturated carbocycles. The summed E-state index contributed by atoms with van der Waals surface area (Å²) in [6.45, 7) is 9.72. The fraction of sp³-hybridized carbons (Fsp3) is 0.692. The highest BCUT2D eigenvalue weighted by atomic mass is 16.5. The summed E-state index contributed by atoms with van der Waals surface area (Å²) in [6, 6.07) is -0.298. The van der Waals surface area contributed by atoms with E-state index in [0.717, 1.165) is 0 Å². The van der Waals surface area contributed by atoms with Gasteiger partial charge in [-0.25, -0.2) is 4.79 Å². The highest BCUT2D eigenvalue weighted by Gasteiger charge is 2.21. The largest absolute Gasteiger partial charge is 0.393 e. The number of aliphatic hydroxyl groups is 1. The second-order valence-corrected chi connectivity index (χ2v) is 5.72. The first kappa shape index (κ1) is 15.5. The summed E-state index contributed by atoms with van der Waals surface area (Å²) >= 11 is 0. The third kappa shape index (κ3) is 4.90. The Bertz CT molecular complexity index is 419. The first-order valence-electron chi connectivity index (χ1n) is 6.37. The quantitative estimate of drug-likeness (QED) is 0.764. The minimum atomic E-state index is -0.387. The van der Waals surface area contributed by atoms with Crippen LogP contribution in [0.2, 0.25) is 0 Å². The van der Waals surface area contributed by atoms with Gasteiger partial charge in [0.25, 0.3) is 0 Å². The predicted octanol–water partition coefficient (Wildman–Crippen LogP) is 2.21. The van der Waals surface area contributed by atoms with E-state index in [2.05, 4.69) is 15.8 Å². The lowest BCUT2D eigenvalue weighted by Crippen LogP contribution is -2.38. The van der Waals surface area contributed by atoms with Gasteiger partial charge < -0.3 is 20.3 Å². The number of hydrogen-bond donors (Lipinski definition) is 3. The smallest absolute Gasteiger partial charge is 0.319 e. The maximum Gasteiger partial charge on any atom is 0.319 e. The maximum absolute atomic E-state index is 11.8. The number of nitrogens with zero attached hydrogens (tertiary/aromatic N) is 1. The summed E-state index contributed by atoms with van der Waals surface area (Å²) in [4.78, 5) is 11.8. The normalized spacial score (nSPS) is 13.2. The number of carbonyl (C=O) groups excluding carboxylic acids is 1. The molecule has 0 aliphatic heterocycles. The minimum Gasteiger partial charge on any atom is -0.393 e. The zero-order chi connectivity index (χ0) is 14.6. The van der Waals surface area contributed by atoms with Crippen LogP contribution in [-0.4, -0.2) is 28.9 Å². The summed E-state index contributed by atoms with van der Waals surface area (Å²) < 4.78 is 4.97. The van der Waals surface area contributed by atoms with Gasteiger partial charge in [-0.1, -0.05) is 19.0 Å². The molecule has 3 N–H and O–H groups in total. The Morgan fingerprint density at radius 3 is 2.58 bits per heavy atom. The molecular formula is C13H23N3O3. The molecule has 2 amide bonds. The fourth-order valence-electron chi connectivity index (χ4n) is 2.01. The minimum absolute atomic E-state index is 0.162. The van der Waals surface area contributed by atoms with Gasteiger partial charge in [0.1, 0.15) is 11.4 Å². The fourth-order valence-corrected chi connectivity index (χ4v) is 2.01. The topological polar surface area (TPSA) is 87.4 Å². The Hall–Kier alpha value is -1.56. The van der Waals surface area contributed by atoms with Gasteiger partial charge in [0, 0.05) is 6.54 Å². The molecule has 0 bridgehead atoms. The van der Waals surface area contributed by atoms with Crippen molar-refractivity contribution in [3.05, 3.63) is 11.5 Å². The standard InChI is InChI=1S/C13H23N3O3/c1-8(17)6-13(4,5)7-14-12(18)15-11-9(2)16-19-10(11)3/h8,17H,6-7H2,1-5H3,(H2,14,15,18)/t8-/m0/s1. The summed E-state index contributed by atoms with van der Waals surface area (Å²) in [5, 5.41) is 18.7. The third-order valence-corrected chi connectivity index (χ3v) is 2.85. The molecule has 1 atom stereocenters. The molecule has 1 aromatic heterocycles. The highest BCUT2D eigenvalue weighted by Crippen LogP contribution is 2.21. The van der Waals surface area contributed by atoms with Crippen LogP contribution in [0.3, 0.4) is 0 Å². The van der Waals surface area contributed by atoms with Gasteiger partial charge in [-0.3, -0.25) is 0 Å². The SMILES string of the molecule is Cc1noc(C)c1NC(=O)NCC(C)(C)C[C@H](C)O. The van der Waals surface area contributed by atoms with Gasteiger partial charge >= 0.3 is 6.03 Å². The van der Waals surface area contributed by atoms with E-state index in [0.29, 0.717) is 30.1 Å². The highest BCUT2D eigenvalue weighted by molar-refractivity contribution is 5.90. The number of rotatable bonds is 5. The Kier molecular flexibility index (Phi) is 4.94.